The Balaban J connectivity index is 1.81. The number of thiazole rings is 1. The van der Waals surface area contributed by atoms with E-state index < -0.39 is 12.0 Å². The van der Waals surface area contributed by atoms with Crippen molar-refractivity contribution >= 4 is 29.5 Å². The highest BCUT2D eigenvalue weighted by Gasteiger charge is 2.30. The van der Waals surface area contributed by atoms with Crippen LogP contribution in [0.15, 0.2) is 81.7 Å². The monoisotopic (exact) mass is 488 g/mol. The van der Waals surface area contributed by atoms with Gasteiger partial charge in [0, 0.05) is 0 Å². The van der Waals surface area contributed by atoms with Gasteiger partial charge in [0.1, 0.15) is 5.75 Å². The van der Waals surface area contributed by atoms with Crippen molar-refractivity contribution in [2.24, 2.45) is 4.99 Å². The quantitative estimate of drug-likeness (QED) is 0.445. The number of carbonyl (C=O) groups is 1. The zero-order valence-electron chi connectivity index (χ0n) is 20.1. The minimum absolute atomic E-state index is 0.203. The van der Waals surface area contributed by atoms with Crippen LogP contribution in [0.3, 0.4) is 0 Å². The third-order valence-corrected chi connectivity index (χ3v) is 6.44. The molecule has 2 aromatic carbocycles. The van der Waals surface area contributed by atoms with Crippen molar-refractivity contribution < 1.29 is 14.3 Å². The molecule has 180 valence electrons. The second kappa shape index (κ2) is 11.1. The van der Waals surface area contributed by atoms with Gasteiger partial charge in [-0.1, -0.05) is 72.9 Å². The third-order valence-electron chi connectivity index (χ3n) is 5.46. The highest BCUT2D eigenvalue weighted by Crippen LogP contribution is 2.26. The van der Waals surface area contributed by atoms with Crippen molar-refractivity contribution in [1.82, 2.24) is 4.57 Å². The number of esters is 1. The summed E-state index contributed by atoms with van der Waals surface area (Å²) in [4.78, 5) is 31.6. The average molecular weight is 489 g/mol. The minimum Gasteiger partial charge on any atom is -0.494 e. The van der Waals surface area contributed by atoms with Gasteiger partial charge >= 0.3 is 5.97 Å². The maximum absolute atomic E-state index is 13.6. The van der Waals surface area contributed by atoms with E-state index in [1.54, 1.807) is 18.4 Å². The molecule has 35 heavy (non-hydrogen) atoms. The molecule has 0 spiro atoms. The summed E-state index contributed by atoms with van der Waals surface area (Å²) in [5.41, 5.74) is 2.55. The number of nitrogens with zero attached hydrogens (tertiary/aromatic N) is 2. The Morgan fingerprint density at radius 1 is 1.11 bits per heavy atom. The number of hydrogen-bond acceptors (Lipinski definition) is 6. The van der Waals surface area contributed by atoms with Crippen LogP contribution in [0.2, 0.25) is 0 Å². The van der Waals surface area contributed by atoms with Crippen LogP contribution in [0, 0.1) is 0 Å². The van der Waals surface area contributed by atoms with Crippen LogP contribution >= 0.6 is 11.3 Å². The van der Waals surface area contributed by atoms with E-state index in [-0.39, 0.29) is 12.2 Å². The fraction of sp³-hybridized carbons (Fsp3) is 0.250. The predicted octanol–water partition coefficient (Wildman–Crippen LogP) is 4.25. The highest BCUT2D eigenvalue weighted by molar-refractivity contribution is 7.07. The van der Waals surface area contributed by atoms with Crippen LogP contribution in [-0.4, -0.2) is 23.8 Å². The lowest BCUT2D eigenvalue weighted by atomic mass is 10.0. The summed E-state index contributed by atoms with van der Waals surface area (Å²) in [6, 6.07) is 16.8. The lowest BCUT2D eigenvalue weighted by Crippen LogP contribution is -2.38. The number of rotatable bonds is 8. The molecule has 0 amide bonds. The molecule has 4 rings (SSSR count). The Labute approximate surface area is 208 Å². The Kier molecular flexibility index (Phi) is 7.77. The highest BCUT2D eigenvalue weighted by atomic mass is 32.1. The number of fused-ring (bicyclic) bond motifs is 1. The molecule has 0 saturated heterocycles. The molecule has 2 heterocycles. The van der Waals surface area contributed by atoms with Gasteiger partial charge in [-0.05, 0) is 49.6 Å². The largest absolute Gasteiger partial charge is 0.494 e. The van der Waals surface area contributed by atoms with Crippen LogP contribution in [0.5, 0.6) is 5.75 Å². The Bertz CT molecular complexity index is 1450. The molecule has 7 heteroatoms. The molecule has 6 nitrogen and oxygen atoms in total. The summed E-state index contributed by atoms with van der Waals surface area (Å²) >= 11 is 1.30. The smallest absolute Gasteiger partial charge is 0.338 e. The van der Waals surface area contributed by atoms with Crippen LogP contribution in [0.25, 0.3) is 12.2 Å². The molecule has 0 fully saturated rings. The number of aromatic nitrogens is 1. The van der Waals surface area contributed by atoms with Gasteiger partial charge in [-0.25, -0.2) is 9.79 Å². The van der Waals surface area contributed by atoms with E-state index in [0.29, 0.717) is 27.2 Å². The summed E-state index contributed by atoms with van der Waals surface area (Å²) in [6.07, 6.45) is 6.53. The fourth-order valence-electron chi connectivity index (χ4n) is 3.85. The first-order chi connectivity index (χ1) is 17.0. The number of hydrogen-bond donors (Lipinski definition) is 0. The van der Waals surface area contributed by atoms with Gasteiger partial charge in [0.15, 0.2) is 4.80 Å². The first-order valence-corrected chi connectivity index (χ1v) is 12.5. The Morgan fingerprint density at radius 3 is 2.63 bits per heavy atom. The summed E-state index contributed by atoms with van der Waals surface area (Å²) < 4.78 is 13.2. The van der Waals surface area contributed by atoms with Gasteiger partial charge in [-0.15, -0.1) is 0 Å². The van der Waals surface area contributed by atoms with E-state index >= 15 is 0 Å². The van der Waals surface area contributed by atoms with Crippen molar-refractivity contribution in [2.75, 3.05) is 13.2 Å². The lowest BCUT2D eigenvalue weighted by molar-refractivity contribution is -0.139. The fourth-order valence-corrected chi connectivity index (χ4v) is 4.90. The second-order valence-electron chi connectivity index (χ2n) is 8.04. The Morgan fingerprint density at radius 2 is 1.89 bits per heavy atom. The van der Waals surface area contributed by atoms with Gasteiger partial charge in [0.2, 0.25) is 0 Å². The zero-order valence-corrected chi connectivity index (χ0v) is 20.9. The van der Waals surface area contributed by atoms with Gasteiger partial charge < -0.3 is 9.47 Å². The summed E-state index contributed by atoms with van der Waals surface area (Å²) in [6.45, 7) is 6.47. The third kappa shape index (κ3) is 5.52. The van der Waals surface area contributed by atoms with Crippen LogP contribution in [0.4, 0.5) is 0 Å². The molecule has 0 saturated carbocycles. The molecule has 3 aromatic rings. The van der Waals surface area contributed by atoms with E-state index in [9.17, 15) is 9.59 Å². The molecule has 1 atom stereocenters. The SMILES string of the molecule is CCCOc1cccc(/C=c2\sc3n(c2=O)C(/C=C/c2ccccc2)C(C(=O)OCC)=C(C)N=3)c1. The van der Waals surface area contributed by atoms with Crippen molar-refractivity contribution in [3.8, 4) is 5.75 Å². The van der Waals surface area contributed by atoms with E-state index in [1.165, 1.54) is 11.3 Å². The maximum atomic E-state index is 13.6. The van der Waals surface area contributed by atoms with Crippen LogP contribution in [0.1, 0.15) is 44.4 Å². The van der Waals surface area contributed by atoms with Crippen molar-refractivity contribution in [3.63, 3.8) is 0 Å². The van der Waals surface area contributed by atoms with E-state index in [2.05, 4.69) is 11.9 Å². The standard InChI is InChI=1S/C28H28N2O4S/c1-4-16-34-22-13-9-12-21(17-22)18-24-26(31)30-23(15-14-20-10-7-6-8-11-20)25(27(32)33-5-2)19(3)29-28(30)35-24/h6-15,17-18,23H,4-5,16H2,1-3H3/b15-14+,24-18-. The molecule has 0 bridgehead atoms. The normalized spacial score (nSPS) is 15.7. The summed E-state index contributed by atoms with van der Waals surface area (Å²) in [5.74, 6) is 0.295. The van der Waals surface area contributed by atoms with Gasteiger partial charge in [0.25, 0.3) is 5.56 Å². The first kappa shape index (κ1) is 24.4. The summed E-state index contributed by atoms with van der Waals surface area (Å²) in [7, 11) is 0. The number of benzene rings is 2. The second-order valence-corrected chi connectivity index (χ2v) is 9.04. The van der Waals surface area contributed by atoms with Crippen LogP contribution in [-0.2, 0) is 9.53 Å². The molecule has 1 aliphatic rings. The first-order valence-electron chi connectivity index (χ1n) is 11.7. The van der Waals surface area contributed by atoms with Crippen LogP contribution < -0.4 is 19.6 Å². The topological polar surface area (TPSA) is 69.9 Å². The van der Waals surface area contributed by atoms with Gasteiger partial charge in [-0.2, -0.15) is 0 Å². The van der Waals surface area contributed by atoms with Crippen molar-refractivity contribution in [3.05, 3.63) is 103 Å². The molecular weight excluding hydrogens is 460 g/mol. The molecular formula is C28H28N2O4S. The molecule has 0 N–H and O–H groups in total. The number of carbonyl (C=O) groups excluding carboxylic acids is 1. The molecule has 1 aromatic heterocycles. The maximum Gasteiger partial charge on any atom is 0.338 e. The van der Waals surface area contributed by atoms with Gasteiger partial charge in [0.05, 0.1) is 35.1 Å². The Hall–Kier alpha value is -3.71. The number of allylic oxidation sites excluding steroid dienone is 2. The van der Waals surface area contributed by atoms with E-state index in [1.807, 2.05) is 72.8 Å². The van der Waals surface area contributed by atoms with E-state index in [4.69, 9.17) is 9.47 Å². The average Bonchev–Trinajstić information content (AvgIpc) is 3.16. The van der Waals surface area contributed by atoms with E-state index in [0.717, 1.165) is 23.3 Å². The molecule has 0 radical (unpaired) electrons. The molecule has 1 aliphatic heterocycles. The number of ether oxygens (including phenoxy) is 2. The molecule has 1 unspecified atom stereocenters. The summed E-state index contributed by atoms with van der Waals surface area (Å²) in [5, 5.41) is 0. The molecule has 0 aliphatic carbocycles. The predicted molar refractivity (Wildman–Crippen MR) is 139 cm³/mol. The van der Waals surface area contributed by atoms with Gasteiger partial charge in [-0.3, -0.25) is 9.36 Å². The van der Waals surface area contributed by atoms with Crippen molar-refractivity contribution in [1.29, 1.82) is 0 Å². The minimum atomic E-state index is -0.619. The van der Waals surface area contributed by atoms with Crippen molar-refractivity contribution in [2.45, 2.75) is 33.2 Å². The zero-order chi connectivity index (χ0) is 24.8. The lowest BCUT2D eigenvalue weighted by Gasteiger charge is -2.21.